The number of nitrogens with one attached hydrogen (secondary N) is 2. The van der Waals surface area contributed by atoms with Crippen molar-refractivity contribution in [2.75, 3.05) is 11.1 Å². The Morgan fingerprint density at radius 1 is 1.08 bits per heavy atom. The molecule has 0 saturated carbocycles. The van der Waals surface area contributed by atoms with E-state index in [9.17, 15) is 18.0 Å². The van der Waals surface area contributed by atoms with E-state index in [4.69, 9.17) is 0 Å². The number of thioether (sulfide) groups is 1. The first-order valence-electron chi connectivity index (χ1n) is 7.08. The maximum Gasteiger partial charge on any atom is 0.234 e. The van der Waals surface area contributed by atoms with Gasteiger partial charge in [0.1, 0.15) is 5.82 Å². The summed E-state index contributed by atoms with van der Waals surface area (Å²) in [6, 6.07) is 9.16. The Balaban J connectivity index is 1.59. The summed E-state index contributed by atoms with van der Waals surface area (Å²) in [4.78, 5) is 16.0. The van der Waals surface area contributed by atoms with E-state index in [1.165, 1.54) is 12.1 Å². The van der Waals surface area contributed by atoms with Gasteiger partial charge in [0.15, 0.2) is 17.5 Å². The molecule has 9 heteroatoms. The molecule has 1 aromatic heterocycles. The van der Waals surface area contributed by atoms with Crippen LogP contribution in [0.2, 0.25) is 0 Å². The normalized spacial score (nSPS) is 10.7. The predicted molar refractivity (Wildman–Crippen MR) is 87.5 cm³/mol. The average molecular weight is 364 g/mol. The highest BCUT2D eigenvalue weighted by Gasteiger charge is 2.12. The molecule has 0 unspecified atom stereocenters. The Bertz CT molecular complexity index is 916. The van der Waals surface area contributed by atoms with Crippen molar-refractivity contribution >= 4 is 23.4 Å². The number of anilines is 1. The van der Waals surface area contributed by atoms with Gasteiger partial charge >= 0.3 is 0 Å². The minimum Gasteiger partial charge on any atom is -0.325 e. The number of aromatic amines is 1. The van der Waals surface area contributed by atoms with Gasteiger partial charge in [-0.3, -0.25) is 9.89 Å². The number of H-pyrrole nitrogens is 1. The summed E-state index contributed by atoms with van der Waals surface area (Å²) in [5, 5.41) is 9.21. The van der Waals surface area contributed by atoms with Crippen LogP contribution in [0.15, 0.2) is 47.6 Å². The van der Waals surface area contributed by atoms with Crippen molar-refractivity contribution in [3.05, 3.63) is 59.9 Å². The van der Waals surface area contributed by atoms with E-state index in [-0.39, 0.29) is 28.0 Å². The van der Waals surface area contributed by atoms with Crippen molar-refractivity contribution in [1.29, 1.82) is 0 Å². The van der Waals surface area contributed by atoms with Crippen molar-refractivity contribution in [2.45, 2.75) is 5.16 Å². The Kier molecular flexibility index (Phi) is 5.03. The lowest BCUT2D eigenvalue weighted by Crippen LogP contribution is -2.14. The molecule has 5 nitrogen and oxygen atoms in total. The summed E-state index contributed by atoms with van der Waals surface area (Å²) in [5.74, 6) is -2.71. The summed E-state index contributed by atoms with van der Waals surface area (Å²) in [6.45, 7) is 0. The molecule has 0 aliphatic rings. The number of hydrogen-bond acceptors (Lipinski definition) is 4. The average Bonchev–Trinajstić information content (AvgIpc) is 3.05. The third kappa shape index (κ3) is 4.18. The van der Waals surface area contributed by atoms with Crippen molar-refractivity contribution in [3.63, 3.8) is 0 Å². The van der Waals surface area contributed by atoms with Crippen LogP contribution in [0.5, 0.6) is 0 Å². The molecule has 0 bridgehead atoms. The van der Waals surface area contributed by atoms with Crippen LogP contribution in [0, 0.1) is 17.5 Å². The van der Waals surface area contributed by atoms with Gasteiger partial charge in [0.25, 0.3) is 0 Å². The second kappa shape index (κ2) is 7.39. The molecule has 0 radical (unpaired) electrons. The number of nitrogens with zero attached hydrogens (tertiary/aromatic N) is 2. The molecule has 0 spiro atoms. The van der Waals surface area contributed by atoms with E-state index in [1.54, 1.807) is 18.2 Å². The van der Waals surface area contributed by atoms with Crippen LogP contribution < -0.4 is 5.32 Å². The summed E-state index contributed by atoms with van der Waals surface area (Å²) in [5.41, 5.74) is 0.416. The van der Waals surface area contributed by atoms with Crippen LogP contribution in [0.3, 0.4) is 0 Å². The number of amides is 1. The van der Waals surface area contributed by atoms with Gasteiger partial charge < -0.3 is 5.32 Å². The molecule has 0 aliphatic heterocycles. The Hall–Kier alpha value is -2.81. The second-order valence-electron chi connectivity index (χ2n) is 4.91. The van der Waals surface area contributed by atoms with Crippen molar-refractivity contribution < 1.29 is 18.0 Å². The van der Waals surface area contributed by atoms with Crippen LogP contribution in [-0.2, 0) is 4.79 Å². The molecular weight excluding hydrogens is 353 g/mol. The van der Waals surface area contributed by atoms with Gasteiger partial charge in [-0.25, -0.2) is 18.2 Å². The molecule has 1 amide bonds. The number of benzene rings is 2. The van der Waals surface area contributed by atoms with E-state index in [1.807, 2.05) is 0 Å². The predicted octanol–water partition coefficient (Wildman–Crippen LogP) is 3.62. The second-order valence-corrected chi connectivity index (χ2v) is 5.85. The van der Waals surface area contributed by atoms with Crippen LogP contribution >= 0.6 is 11.8 Å². The van der Waals surface area contributed by atoms with Gasteiger partial charge in [0.2, 0.25) is 11.1 Å². The van der Waals surface area contributed by atoms with Crippen LogP contribution in [0.25, 0.3) is 11.4 Å². The molecule has 1 heterocycles. The highest BCUT2D eigenvalue weighted by Crippen LogP contribution is 2.22. The highest BCUT2D eigenvalue weighted by atomic mass is 32.2. The Morgan fingerprint density at radius 2 is 1.88 bits per heavy atom. The lowest BCUT2D eigenvalue weighted by Gasteiger charge is -2.04. The number of halogens is 3. The van der Waals surface area contributed by atoms with Gasteiger partial charge in [-0.05, 0) is 24.3 Å². The molecule has 3 rings (SSSR count). The summed E-state index contributed by atoms with van der Waals surface area (Å²) in [7, 11) is 0. The number of rotatable bonds is 5. The molecule has 0 saturated heterocycles. The van der Waals surface area contributed by atoms with Crippen molar-refractivity contribution in [2.24, 2.45) is 0 Å². The van der Waals surface area contributed by atoms with Gasteiger partial charge in [-0.2, -0.15) is 0 Å². The Labute approximate surface area is 144 Å². The molecule has 25 heavy (non-hydrogen) atoms. The summed E-state index contributed by atoms with van der Waals surface area (Å²) < 4.78 is 39.6. The first-order valence-corrected chi connectivity index (χ1v) is 8.06. The topological polar surface area (TPSA) is 70.7 Å². The molecule has 2 aromatic carbocycles. The third-order valence-electron chi connectivity index (χ3n) is 3.13. The first kappa shape index (κ1) is 17.0. The smallest absolute Gasteiger partial charge is 0.234 e. The summed E-state index contributed by atoms with van der Waals surface area (Å²) >= 11 is 1.02. The van der Waals surface area contributed by atoms with E-state index in [0.717, 1.165) is 23.9 Å². The zero-order chi connectivity index (χ0) is 17.8. The number of carbonyl (C=O) groups is 1. The third-order valence-corrected chi connectivity index (χ3v) is 3.98. The molecular formula is C16H11F3N4OS. The van der Waals surface area contributed by atoms with E-state index >= 15 is 0 Å². The quantitative estimate of drug-likeness (QED) is 0.679. The number of aromatic nitrogens is 3. The molecule has 2 N–H and O–H groups in total. The largest absolute Gasteiger partial charge is 0.325 e. The molecule has 0 fully saturated rings. The fourth-order valence-corrected chi connectivity index (χ4v) is 2.58. The Morgan fingerprint density at radius 3 is 2.64 bits per heavy atom. The molecule has 3 aromatic rings. The highest BCUT2D eigenvalue weighted by molar-refractivity contribution is 7.99. The van der Waals surface area contributed by atoms with Crippen LogP contribution in [-0.4, -0.2) is 26.8 Å². The van der Waals surface area contributed by atoms with E-state index < -0.39 is 23.4 Å². The van der Waals surface area contributed by atoms with Gasteiger partial charge in [-0.1, -0.05) is 23.9 Å². The lowest BCUT2D eigenvalue weighted by atomic mass is 10.2. The van der Waals surface area contributed by atoms with Gasteiger partial charge in [0, 0.05) is 11.8 Å². The van der Waals surface area contributed by atoms with Gasteiger partial charge in [0.05, 0.1) is 11.3 Å². The summed E-state index contributed by atoms with van der Waals surface area (Å²) in [6.07, 6.45) is 0. The minimum atomic E-state index is -1.05. The van der Waals surface area contributed by atoms with Crippen LogP contribution in [0.4, 0.5) is 18.9 Å². The van der Waals surface area contributed by atoms with Crippen molar-refractivity contribution in [1.82, 2.24) is 15.2 Å². The zero-order valence-corrected chi connectivity index (χ0v) is 13.4. The first-order chi connectivity index (χ1) is 12.0. The molecule has 0 atom stereocenters. The maximum atomic E-state index is 13.7. The fourth-order valence-electron chi connectivity index (χ4n) is 1.99. The SMILES string of the molecule is O=C(CSc1n[nH]c(-c2ccccc2F)n1)Nc1ccc(F)c(F)c1. The number of carbonyl (C=O) groups excluding carboxylic acids is 1. The minimum absolute atomic E-state index is 0.0481. The molecule has 128 valence electrons. The molecule has 0 aliphatic carbocycles. The van der Waals surface area contributed by atoms with Crippen LogP contribution in [0.1, 0.15) is 0 Å². The monoisotopic (exact) mass is 364 g/mol. The standard InChI is InChI=1S/C16H11F3N4OS/c17-11-4-2-1-3-10(11)15-21-16(23-22-15)25-8-14(24)20-9-5-6-12(18)13(19)7-9/h1-7H,8H2,(H,20,24)(H,21,22,23). The number of hydrogen-bond donors (Lipinski definition) is 2. The van der Waals surface area contributed by atoms with Gasteiger partial charge in [-0.15, -0.1) is 5.10 Å². The zero-order valence-electron chi connectivity index (χ0n) is 12.6. The van der Waals surface area contributed by atoms with Crippen molar-refractivity contribution in [3.8, 4) is 11.4 Å². The fraction of sp³-hybridized carbons (Fsp3) is 0.0625. The van der Waals surface area contributed by atoms with E-state index in [0.29, 0.717) is 0 Å². The maximum absolute atomic E-state index is 13.7. The lowest BCUT2D eigenvalue weighted by molar-refractivity contribution is -0.113. The van der Waals surface area contributed by atoms with E-state index in [2.05, 4.69) is 20.5 Å².